The summed E-state index contributed by atoms with van der Waals surface area (Å²) < 4.78 is 16.0. The summed E-state index contributed by atoms with van der Waals surface area (Å²) >= 11 is 1.66. The summed E-state index contributed by atoms with van der Waals surface area (Å²) in [5, 5.41) is 4.90. The van der Waals surface area contributed by atoms with Crippen LogP contribution in [0.5, 0.6) is 17.2 Å². The summed E-state index contributed by atoms with van der Waals surface area (Å²) in [6.07, 6.45) is 6.74. The minimum Gasteiger partial charge on any atom is -0.493 e. The van der Waals surface area contributed by atoms with E-state index < -0.39 is 0 Å². The molecule has 0 saturated heterocycles. The van der Waals surface area contributed by atoms with Crippen LogP contribution >= 0.6 is 11.3 Å². The highest BCUT2D eigenvalue weighted by Gasteiger charge is 2.12. The molecule has 0 spiro atoms. The van der Waals surface area contributed by atoms with E-state index in [1.165, 1.54) is 6.08 Å². The number of rotatable bonds is 8. The lowest BCUT2D eigenvalue weighted by molar-refractivity contribution is -0.116. The number of nitrogens with one attached hydrogen (secondary N) is 1. The van der Waals surface area contributed by atoms with Gasteiger partial charge in [-0.05, 0) is 46.8 Å². The molecule has 2 aromatic heterocycles. The third-order valence-corrected chi connectivity index (χ3v) is 5.10. The quantitative estimate of drug-likeness (QED) is 0.565. The molecule has 2 heterocycles. The first-order valence-electron chi connectivity index (χ1n) is 8.88. The van der Waals surface area contributed by atoms with Crippen LogP contribution in [-0.4, -0.2) is 32.2 Å². The van der Waals surface area contributed by atoms with Crippen LogP contribution in [0.4, 0.5) is 0 Å². The summed E-state index contributed by atoms with van der Waals surface area (Å²) in [7, 11) is 4.65. The van der Waals surface area contributed by atoms with E-state index >= 15 is 0 Å². The van der Waals surface area contributed by atoms with Gasteiger partial charge in [0.1, 0.15) is 0 Å². The molecule has 6 nitrogen and oxygen atoms in total. The Morgan fingerprint density at radius 1 is 1.10 bits per heavy atom. The summed E-state index contributed by atoms with van der Waals surface area (Å²) in [6.45, 7) is 0.393. The Balaban J connectivity index is 1.65. The molecule has 0 atom stereocenters. The second kappa shape index (κ2) is 9.75. The maximum Gasteiger partial charge on any atom is 0.244 e. The van der Waals surface area contributed by atoms with E-state index in [9.17, 15) is 4.79 Å². The van der Waals surface area contributed by atoms with Crippen molar-refractivity contribution >= 4 is 23.3 Å². The molecule has 0 aliphatic carbocycles. The summed E-state index contributed by atoms with van der Waals surface area (Å²) in [5.74, 6) is 1.36. The molecule has 1 amide bonds. The Bertz CT molecular complexity index is 975. The van der Waals surface area contributed by atoms with Gasteiger partial charge in [-0.3, -0.25) is 9.78 Å². The third-order valence-electron chi connectivity index (χ3n) is 4.18. The Morgan fingerprint density at radius 3 is 2.48 bits per heavy atom. The van der Waals surface area contributed by atoms with Gasteiger partial charge in [-0.15, -0.1) is 11.3 Å². The minimum atomic E-state index is -0.208. The van der Waals surface area contributed by atoms with Crippen LogP contribution in [0, 0.1) is 0 Å². The van der Waals surface area contributed by atoms with Crippen LogP contribution in [0.3, 0.4) is 0 Å². The molecule has 1 N–H and O–H groups in total. The molecule has 150 valence electrons. The fraction of sp³-hybridized carbons (Fsp3) is 0.182. The zero-order valence-electron chi connectivity index (χ0n) is 16.5. The summed E-state index contributed by atoms with van der Waals surface area (Å²) in [5.41, 5.74) is 2.74. The van der Waals surface area contributed by atoms with Gasteiger partial charge >= 0.3 is 0 Å². The van der Waals surface area contributed by atoms with E-state index in [2.05, 4.69) is 10.3 Å². The molecule has 3 aromatic rings. The van der Waals surface area contributed by atoms with Crippen molar-refractivity contribution in [1.82, 2.24) is 10.3 Å². The van der Waals surface area contributed by atoms with E-state index in [1.807, 2.05) is 29.8 Å². The summed E-state index contributed by atoms with van der Waals surface area (Å²) in [4.78, 5) is 17.6. The molecule has 29 heavy (non-hydrogen) atoms. The van der Waals surface area contributed by atoms with E-state index in [1.54, 1.807) is 57.1 Å². The lowest BCUT2D eigenvalue weighted by Crippen LogP contribution is -2.20. The number of nitrogens with zero attached hydrogens (tertiary/aromatic N) is 1. The topological polar surface area (TPSA) is 69.7 Å². The van der Waals surface area contributed by atoms with Crippen LogP contribution < -0.4 is 19.5 Å². The first-order chi connectivity index (χ1) is 14.1. The predicted octanol–water partition coefficient (Wildman–Crippen LogP) is 4.17. The van der Waals surface area contributed by atoms with E-state index in [0.29, 0.717) is 23.8 Å². The largest absolute Gasteiger partial charge is 0.493 e. The van der Waals surface area contributed by atoms with Crippen molar-refractivity contribution < 1.29 is 19.0 Å². The number of hydrogen-bond acceptors (Lipinski definition) is 6. The molecule has 3 rings (SSSR count). The van der Waals surface area contributed by atoms with Gasteiger partial charge in [0.2, 0.25) is 11.7 Å². The van der Waals surface area contributed by atoms with Crippen molar-refractivity contribution in [2.45, 2.75) is 6.54 Å². The molecular formula is C22H22N2O4S. The van der Waals surface area contributed by atoms with Crippen molar-refractivity contribution in [2.24, 2.45) is 0 Å². The predicted molar refractivity (Wildman–Crippen MR) is 115 cm³/mol. The highest BCUT2D eigenvalue weighted by molar-refractivity contribution is 7.13. The SMILES string of the molecule is COc1cc(/C=C/C(=O)NCc2cncc(-c3cccs3)c2)cc(OC)c1OC. The smallest absolute Gasteiger partial charge is 0.244 e. The average Bonchev–Trinajstić information content (AvgIpc) is 3.30. The van der Waals surface area contributed by atoms with Crippen molar-refractivity contribution in [3.63, 3.8) is 0 Å². The fourth-order valence-electron chi connectivity index (χ4n) is 2.78. The Hall–Kier alpha value is -3.32. The summed E-state index contributed by atoms with van der Waals surface area (Å²) in [6, 6.07) is 9.63. The number of thiophene rings is 1. The number of hydrogen-bond donors (Lipinski definition) is 1. The number of aromatic nitrogens is 1. The molecule has 0 bridgehead atoms. The van der Waals surface area contributed by atoms with E-state index in [-0.39, 0.29) is 5.91 Å². The molecular weight excluding hydrogens is 388 g/mol. The second-order valence-electron chi connectivity index (χ2n) is 6.07. The Morgan fingerprint density at radius 2 is 1.86 bits per heavy atom. The standard InChI is InChI=1S/C22H22N2O4S/c1-26-18-10-15(11-19(27-2)22(18)28-3)6-7-21(25)24-13-16-9-17(14-23-12-16)20-5-4-8-29-20/h4-12,14H,13H2,1-3H3,(H,24,25)/b7-6+. The number of amides is 1. The maximum absolute atomic E-state index is 12.2. The highest BCUT2D eigenvalue weighted by Crippen LogP contribution is 2.38. The number of pyridine rings is 1. The fourth-order valence-corrected chi connectivity index (χ4v) is 3.49. The van der Waals surface area contributed by atoms with E-state index in [0.717, 1.165) is 21.6 Å². The molecule has 1 aromatic carbocycles. The molecule has 0 fully saturated rings. The number of benzene rings is 1. The molecule has 7 heteroatoms. The first kappa shape index (κ1) is 20.4. The molecule has 0 saturated carbocycles. The third kappa shape index (κ3) is 5.14. The molecule has 0 aliphatic rings. The zero-order chi connectivity index (χ0) is 20.6. The van der Waals surface area contributed by atoms with Gasteiger partial charge in [-0.1, -0.05) is 6.07 Å². The van der Waals surface area contributed by atoms with Gasteiger partial charge < -0.3 is 19.5 Å². The number of carbonyl (C=O) groups is 1. The van der Waals surface area contributed by atoms with Crippen LogP contribution in [0.15, 0.2) is 54.2 Å². The van der Waals surface area contributed by atoms with Gasteiger partial charge in [0.15, 0.2) is 11.5 Å². The van der Waals surface area contributed by atoms with Gasteiger partial charge in [-0.25, -0.2) is 0 Å². The Labute approximate surface area is 173 Å². The average molecular weight is 410 g/mol. The van der Waals surface area contributed by atoms with E-state index in [4.69, 9.17) is 14.2 Å². The lowest BCUT2D eigenvalue weighted by Gasteiger charge is -2.12. The highest BCUT2D eigenvalue weighted by atomic mass is 32.1. The zero-order valence-corrected chi connectivity index (χ0v) is 17.3. The van der Waals surface area contributed by atoms with Gasteiger partial charge in [0.25, 0.3) is 0 Å². The van der Waals surface area contributed by atoms with Crippen LogP contribution in [0.2, 0.25) is 0 Å². The van der Waals surface area contributed by atoms with Crippen molar-refractivity contribution in [1.29, 1.82) is 0 Å². The van der Waals surface area contributed by atoms with Crippen LogP contribution in [-0.2, 0) is 11.3 Å². The lowest BCUT2D eigenvalue weighted by atomic mass is 10.1. The second-order valence-corrected chi connectivity index (χ2v) is 7.02. The monoisotopic (exact) mass is 410 g/mol. The number of ether oxygens (including phenoxy) is 3. The minimum absolute atomic E-state index is 0.208. The molecule has 0 radical (unpaired) electrons. The normalized spacial score (nSPS) is 10.7. The van der Waals surface area contributed by atoms with Crippen molar-refractivity contribution in [3.8, 4) is 27.7 Å². The van der Waals surface area contributed by atoms with Gasteiger partial charge in [-0.2, -0.15) is 0 Å². The van der Waals surface area contributed by atoms with Gasteiger partial charge in [0.05, 0.1) is 21.3 Å². The Kier molecular flexibility index (Phi) is 6.86. The molecule has 0 unspecified atom stereocenters. The van der Waals surface area contributed by atoms with Crippen molar-refractivity contribution in [3.05, 3.63) is 65.3 Å². The van der Waals surface area contributed by atoms with Crippen LogP contribution in [0.25, 0.3) is 16.5 Å². The molecule has 0 aliphatic heterocycles. The van der Waals surface area contributed by atoms with Crippen molar-refractivity contribution in [2.75, 3.05) is 21.3 Å². The first-order valence-corrected chi connectivity index (χ1v) is 9.76. The number of methoxy groups -OCH3 is 3. The van der Waals surface area contributed by atoms with Crippen LogP contribution in [0.1, 0.15) is 11.1 Å². The number of carbonyl (C=O) groups excluding carboxylic acids is 1. The maximum atomic E-state index is 12.2. The van der Waals surface area contributed by atoms with Gasteiger partial charge in [0, 0.05) is 35.5 Å².